The number of amides is 2. The van der Waals surface area contributed by atoms with Crippen LogP contribution in [0.5, 0.6) is 5.75 Å². The van der Waals surface area contributed by atoms with Gasteiger partial charge in [0.2, 0.25) is 0 Å². The monoisotopic (exact) mass is 680 g/mol. The standard InChI is InChI=1S/C42H52N2O6/c1-38-18-15-30(45)24-40(38)21-22-42(33(25-40)36(46)28-11-13-31(49-3)14-12-28)34(38)16-19-39(2)35(42)17-20-41(39,48)27-44(26-32-10-7-23-50-32)37(47)43-29-8-5-4-6-9-29/h4-6,8-9,11-14,21-22,25,30,32,34-35,45,48H,7,10,15-20,23-24,26-27H2,1-3H3,(H,43,47). The van der Waals surface area contributed by atoms with Crippen molar-refractivity contribution in [1.82, 2.24) is 4.90 Å². The number of allylic oxidation sites excluding steroid dienone is 4. The Morgan fingerprint density at radius 3 is 2.38 bits per heavy atom. The molecular formula is C42H52N2O6. The van der Waals surface area contributed by atoms with Crippen molar-refractivity contribution in [2.45, 2.75) is 89.4 Å². The molecule has 2 aromatic carbocycles. The normalized spacial score (nSPS) is 39.6. The van der Waals surface area contributed by atoms with Crippen molar-refractivity contribution in [3.05, 3.63) is 84.0 Å². The number of para-hydroxylation sites is 1. The fourth-order valence-electron chi connectivity index (χ4n) is 11.8. The smallest absolute Gasteiger partial charge is 0.322 e. The van der Waals surface area contributed by atoms with Crippen molar-refractivity contribution in [1.29, 1.82) is 0 Å². The molecule has 1 saturated heterocycles. The zero-order chi connectivity index (χ0) is 34.9. The zero-order valence-electron chi connectivity index (χ0n) is 29.7. The Labute approximate surface area is 295 Å². The number of fused-ring (bicyclic) bond motifs is 1. The summed E-state index contributed by atoms with van der Waals surface area (Å²) in [5.41, 5.74) is -0.648. The third-order valence-electron chi connectivity index (χ3n) is 14.5. The summed E-state index contributed by atoms with van der Waals surface area (Å²) in [6, 6.07) is 16.6. The van der Waals surface area contributed by atoms with E-state index in [0.29, 0.717) is 43.0 Å². The van der Waals surface area contributed by atoms with E-state index >= 15 is 0 Å². The van der Waals surface area contributed by atoms with Gasteiger partial charge in [-0.1, -0.05) is 50.3 Å². The first-order chi connectivity index (χ1) is 24.0. The molecule has 6 aliphatic carbocycles. The molecular weight excluding hydrogens is 628 g/mol. The van der Waals surface area contributed by atoms with E-state index in [2.05, 4.69) is 37.4 Å². The van der Waals surface area contributed by atoms with Crippen LogP contribution >= 0.6 is 0 Å². The summed E-state index contributed by atoms with van der Waals surface area (Å²) in [7, 11) is 1.62. The summed E-state index contributed by atoms with van der Waals surface area (Å²) in [5.74, 6) is 0.908. The van der Waals surface area contributed by atoms with Crippen LogP contribution in [0, 0.1) is 33.5 Å². The van der Waals surface area contributed by atoms with Gasteiger partial charge in [-0.3, -0.25) is 4.79 Å². The molecule has 8 nitrogen and oxygen atoms in total. The van der Waals surface area contributed by atoms with Gasteiger partial charge < -0.3 is 29.9 Å². The van der Waals surface area contributed by atoms with E-state index in [0.717, 1.165) is 50.5 Å². The summed E-state index contributed by atoms with van der Waals surface area (Å²) in [5, 5.41) is 27.1. The molecule has 3 N–H and O–H groups in total. The van der Waals surface area contributed by atoms with Gasteiger partial charge in [0, 0.05) is 46.2 Å². The van der Waals surface area contributed by atoms with Gasteiger partial charge in [-0.2, -0.15) is 0 Å². The maximum absolute atomic E-state index is 14.8. The van der Waals surface area contributed by atoms with E-state index in [1.807, 2.05) is 54.6 Å². The molecule has 0 radical (unpaired) electrons. The number of hydrogen-bond donors (Lipinski definition) is 3. The highest BCUT2D eigenvalue weighted by Gasteiger charge is 2.74. The van der Waals surface area contributed by atoms with Crippen molar-refractivity contribution in [3.63, 3.8) is 0 Å². The van der Waals surface area contributed by atoms with E-state index in [1.165, 1.54) is 0 Å². The van der Waals surface area contributed by atoms with Gasteiger partial charge >= 0.3 is 6.03 Å². The Bertz CT molecular complexity index is 1700. The van der Waals surface area contributed by atoms with E-state index < -0.39 is 27.9 Å². The molecule has 4 fully saturated rings. The molecule has 0 aromatic heterocycles. The fourth-order valence-corrected chi connectivity index (χ4v) is 11.8. The van der Waals surface area contributed by atoms with Crippen molar-refractivity contribution in [2.24, 2.45) is 33.5 Å². The van der Waals surface area contributed by atoms with Gasteiger partial charge in [-0.05, 0) is 111 Å². The number of ether oxygens (including phenoxy) is 2. The topological polar surface area (TPSA) is 108 Å². The van der Waals surface area contributed by atoms with Gasteiger partial charge in [0.25, 0.3) is 0 Å². The van der Waals surface area contributed by atoms with Crippen LogP contribution in [-0.4, -0.2) is 71.5 Å². The predicted molar refractivity (Wildman–Crippen MR) is 192 cm³/mol. The number of aliphatic hydroxyl groups excluding tert-OH is 1. The summed E-state index contributed by atoms with van der Waals surface area (Å²) in [4.78, 5) is 30.6. The first-order valence-electron chi connectivity index (χ1n) is 18.7. The molecule has 7 aliphatic rings. The van der Waals surface area contributed by atoms with Crippen molar-refractivity contribution in [2.75, 3.05) is 32.1 Å². The maximum atomic E-state index is 14.8. The van der Waals surface area contributed by atoms with E-state index in [1.54, 1.807) is 12.0 Å². The number of ketones is 1. The second-order valence-electron chi connectivity index (χ2n) is 16.7. The lowest BCUT2D eigenvalue weighted by atomic mass is 9.32. The Balaban J connectivity index is 1.18. The number of nitrogens with one attached hydrogen (secondary N) is 1. The Morgan fingerprint density at radius 1 is 0.940 bits per heavy atom. The van der Waals surface area contributed by atoms with Crippen LogP contribution in [0.3, 0.4) is 0 Å². The average molecular weight is 681 g/mol. The number of anilines is 1. The molecule has 266 valence electrons. The van der Waals surface area contributed by atoms with Crippen LogP contribution in [0.15, 0.2) is 78.4 Å². The van der Waals surface area contributed by atoms with Gasteiger partial charge in [-0.15, -0.1) is 0 Å². The third kappa shape index (κ3) is 4.88. The Hall–Kier alpha value is -3.46. The number of hydrogen-bond acceptors (Lipinski definition) is 6. The maximum Gasteiger partial charge on any atom is 0.322 e. The molecule has 3 saturated carbocycles. The van der Waals surface area contributed by atoms with Crippen LogP contribution < -0.4 is 10.1 Å². The van der Waals surface area contributed by atoms with Gasteiger partial charge in [0.15, 0.2) is 5.78 Å². The molecule has 2 spiro atoms. The lowest BCUT2D eigenvalue weighted by molar-refractivity contribution is -0.175. The van der Waals surface area contributed by atoms with Crippen molar-refractivity contribution >= 4 is 17.5 Å². The molecule has 2 amide bonds. The Kier molecular flexibility index (Phi) is 8.12. The highest BCUT2D eigenvalue weighted by atomic mass is 16.5. The minimum atomic E-state index is -1.16. The number of Topliss-reactive ketones (excluding diaryl/α,β-unsaturated/α-hetero) is 1. The first kappa shape index (κ1) is 33.7. The minimum Gasteiger partial charge on any atom is -0.497 e. The second kappa shape index (κ2) is 12.1. The van der Waals surface area contributed by atoms with Gasteiger partial charge in [0.05, 0.1) is 31.5 Å². The fraction of sp³-hybridized carbons (Fsp3) is 0.571. The summed E-state index contributed by atoms with van der Waals surface area (Å²) in [6.45, 7) is 5.92. The van der Waals surface area contributed by atoms with Crippen molar-refractivity contribution < 1.29 is 29.3 Å². The van der Waals surface area contributed by atoms with Crippen LogP contribution in [0.25, 0.3) is 0 Å². The molecule has 50 heavy (non-hydrogen) atoms. The number of carbonyl (C=O) groups excluding carboxylic acids is 2. The number of rotatable bonds is 8. The van der Waals surface area contributed by atoms with Gasteiger partial charge in [0.1, 0.15) is 5.75 Å². The molecule has 9 atom stereocenters. The quantitative estimate of drug-likeness (QED) is 0.201. The number of carbonyl (C=O) groups is 2. The SMILES string of the molecule is COc1ccc(C(=O)C2=CC34C=CC25C(CCC2(C)C5CCC2(O)CN(CC2CCCO2)C(=O)Nc2ccccc2)C3(C)CCC(O)C4)cc1. The molecule has 9 unspecified atom stereocenters. The summed E-state index contributed by atoms with van der Waals surface area (Å²) >= 11 is 0. The molecule has 9 rings (SSSR count). The van der Waals surface area contributed by atoms with Crippen LogP contribution in [0.4, 0.5) is 10.5 Å². The number of benzene rings is 2. The zero-order valence-corrected chi connectivity index (χ0v) is 29.7. The van der Waals surface area contributed by atoms with E-state index in [4.69, 9.17) is 9.47 Å². The number of aliphatic hydroxyl groups is 2. The number of nitrogens with zero attached hydrogens (tertiary/aromatic N) is 1. The van der Waals surface area contributed by atoms with Gasteiger partial charge in [-0.25, -0.2) is 4.79 Å². The summed E-state index contributed by atoms with van der Waals surface area (Å²) in [6.07, 6.45) is 13.5. The lowest BCUT2D eigenvalue weighted by Gasteiger charge is -2.71. The number of methoxy groups -OCH3 is 1. The van der Waals surface area contributed by atoms with E-state index in [9.17, 15) is 19.8 Å². The Morgan fingerprint density at radius 2 is 1.66 bits per heavy atom. The average Bonchev–Trinajstić information content (AvgIpc) is 3.73. The molecule has 8 heteroatoms. The number of urea groups is 1. The van der Waals surface area contributed by atoms with E-state index in [-0.39, 0.29) is 41.7 Å². The molecule has 1 heterocycles. The highest BCUT2D eigenvalue weighted by molar-refractivity contribution is 6.10. The van der Waals surface area contributed by atoms with Crippen molar-refractivity contribution in [3.8, 4) is 5.75 Å². The minimum absolute atomic E-state index is 0.00723. The molecule has 2 aromatic rings. The first-order valence-corrected chi connectivity index (χ1v) is 18.7. The second-order valence-corrected chi connectivity index (χ2v) is 16.7. The predicted octanol–water partition coefficient (Wildman–Crippen LogP) is 7.18. The largest absolute Gasteiger partial charge is 0.497 e. The highest BCUT2D eigenvalue weighted by Crippen LogP contribution is 2.78. The lowest BCUT2D eigenvalue weighted by Crippen LogP contribution is -2.67. The van der Waals surface area contributed by atoms with Crippen LogP contribution in [-0.2, 0) is 4.74 Å². The third-order valence-corrected chi connectivity index (χ3v) is 14.5. The molecule has 2 bridgehead atoms. The van der Waals surface area contributed by atoms with Crippen LogP contribution in [0.1, 0.15) is 82.0 Å². The van der Waals surface area contributed by atoms with Crippen LogP contribution in [0.2, 0.25) is 0 Å². The summed E-state index contributed by atoms with van der Waals surface area (Å²) < 4.78 is 11.4. The molecule has 1 aliphatic heterocycles.